The second-order valence-electron chi connectivity index (χ2n) is 8.03. The highest BCUT2D eigenvalue weighted by Gasteiger charge is 2.30. The molecule has 0 radical (unpaired) electrons. The Morgan fingerprint density at radius 2 is 1.94 bits per heavy atom. The number of hydrogen-bond donors (Lipinski definition) is 2. The van der Waals surface area contributed by atoms with Gasteiger partial charge < -0.3 is 15.4 Å². The average Bonchev–Trinajstić information content (AvgIpc) is 3.19. The molecule has 1 aromatic heterocycles. The highest BCUT2D eigenvalue weighted by Crippen LogP contribution is 2.31. The van der Waals surface area contributed by atoms with Crippen LogP contribution in [0, 0.1) is 0 Å². The largest absolute Gasteiger partial charge is 0.484 e. The van der Waals surface area contributed by atoms with Crippen LogP contribution in [-0.4, -0.2) is 28.2 Å². The van der Waals surface area contributed by atoms with Gasteiger partial charge in [0.05, 0.1) is 17.8 Å². The third-order valence-electron chi connectivity index (χ3n) is 5.64. The van der Waals surface area contributed by atoms with E-state index < -0.39 is 24.3 Å². The van der Waals surface area contributed by atoms with Gasteiger partial charge in [-0.25, -0.2) is 0 Å². The summed E-state index contributed by atoms with van der Waals surface area (Å²) in [4.78, 5) is 24.7. The molecule has 1 aliphatic carbocycles. The molecule has 1 aliphatic rings. The number of anilines is 1. The summed E-state index contributed by atoms with van der Waals surface area (Å²) in [6.07, 6.45) is 0.0361. The van der Waals surface area contributed by atoms with Crippen molar-refractivity contribution in [1.82, 2.24) is 15.1 Å². The molecule has 0 aliphatic heterocycles. The number of carbonyl (C=O) groups excluding carboxylic acids is 2. The summed E-state index contributed by atoms with van der Waals surface area (Å²) >= 11 is 0. The van der Waals surface area contributed by atoms with Gasteiger partial charge >= 0.3 is 6.18 Å². The predicted octanol–water partition coefficient (Wildman–Crippen LogP) is 4.26. The maximum atomic E-state index is 12.8. The number of hydrogen-bond acceptors (Lipinski definition) is 4. The van der Waals surface area contributed by atoms with Crippen LogP contribution in [0.15, 0.2) is 54.7 Å². The van der Waals surface area contributed by atoms with Crippen molar-refractivity contribution in [3.8, 4) is 5.75 Å². The Labute approximate surface area is 193 Å². The molecule has 0 saturated carbocycles. The smallest absolute Gasteiger partial charge is 0.416 e. The normalized spacial score (nSPS) is 15.4. The molecule has 1 heterocycles. The first kappa shape index (κ1) is 23.3. The van der Waals surface area contributed by atoms with E-state index in [1.54, 1.807) is 30.5 Å². The van der Waals surface area contributed by atoms with Crippen LogP contribution in [0.1, 0.15) is 46.1 Å². The van der Waals surface area contributed by atoms with Gasteiger partial charge in [0.2, 0.25) is 0 Å². The SMILES string of the molecule is Cn1ncc2c1CCCC2NC(=O)c1ccc(OCC(=O)Nc2cccc(C(F)(F)F)c2)cc1. The van der Waals surface area contributed by atoms with Crippen LogP contribution in [0.25, 0.3) is 0 Å². The van der Waals surface area contributed by atoms with Gasteiger partial charge in [0, 0.05) is 29.6 Å². The van der Waals surface area contributed by atoms with Gasteiger partial charge in [-0.3, -0.25) is 14.3 Å². The Morgan fingerprint density at radius 3 is 2.68 bits per heavy atom. The minimum atomic E-state index is -4.50. The fourth-order valence-corrected chi connectivity index (χ4v) is 3.92. The van der Waals surface area contributed by atoms with Crippen molar-refractivity contribution >= 4 is 17.5 Å². The number of rotatable bonds is 6. The van der Waals surface area contributed by atoms with Gasteiger partial charge in [0.1, 0.15) is 5.75 Å². The lowest BCUT2D eigenvalue weighted by molar-refractivity contribution is -0.137. The Hall–Kier alpha value is -3.82. The van der Waals surface area contributed by atoms with Crippen molar-refractivity contribution < 1.29 is 27.5 Å². The zero-order chi connectivity index (χ0) is 24.3. The van der Waals surface area contributed by atoms with Crippen molar-refractivity contribution in [2.45, 2.75) is 31.5 Å². The van der Waals surface area contributed by atoms with E-state index in [4.69, 9.17) is 4.74 Å². The fourth-order valence-electron chi connectivity index (χ4n) is 3.92. The highest BCUT2D eigenvalue weighted by atomic mass is 19.4. The number of ether oxygens (including phenoxy) is 1. The van der Waals surface area contributed by atoms with Gasteiger partial charge in [-0.05, 0) is 61.7 Å². The molecule has 1 atom stereocenters. The number of benzene rings is 2. The average molecular weight is 472 g/mol. The molecule has 4 rings (SSSR count). The first-order valence-electron chi connectivity index (χ1n) is 10.7. The minimum absolute atomic E-state index is 0.0231. The fraction of sp³-hybridized carbons (Fsp3) is 0.292. The lowest BCUT2D eigenvalue weighted by Gasteiger charge is -2.23. The van der Waals surface area contributed by atoms with Crippen LogP contribution in [-0.2, 0) is 24.4 Å². The predicted molar refractivity (Wildman–Crippen MR) is 118 cm³/mol. The van der Waals surface area contributed by atoms with E-state index >= 15 is 0 Å². The van der Waals surface area contributed by atoms with E-state index in [0.717, 1.165) is 42.7 Å². The minimum Gasteiger partial charge on any atom is -0.484 e. The van der Waals surface area contributed by atoms with Gasteiger partial charge in [0.15, 0.2) is 6.61 Å². The number of amides is 2. The summed E-state index contributed by atoms with van der Waals surface area (Å²) in [5, 5.41) is 9.70. The Balaban J connectivity index is 1.30. The van der Waals surface area contributed by atoms with E-state index in [-0.39, 0.29) is 17.6 Å². The molecule has 34 heavy (non-hydrogen) atoms. The van der Waals surface area contributed by atoms with Gasteiger partial charge in [0.25, 0.3) is 11.8 Å². The quantitative estimate of drug-likeness (QED) is 0.561. The second-order valence-corrected chi connectivity index (χ2v) is 8.03. The van der Waals surface area contributed by atoms with E-state index in [1.165, 1.54) is 12.1 Å². The van der Waals surface area contributed by atoms with Gasteiger partial charge in [-0.15, -0.1) is 0 Å². The Bertz CT molecular complexity index is 1190. The summed E-state index contributed by atoms with van der Waals surface area (Å²) < 4.78 is 45.6. The summed E-state index contributed by atoms with van der Waals surface area (Å²) in [6, 6.07) is 10.5. The lowest BCUT2D eigenvalue weighted by atomic mass is 9.93. The first-order chi connectivity index (χ1) is 16.2. The maximum absolute atomic E-state index is 12.8. The molecule has 0 fully saturated rings. The number of aromatic nitrogens is 2. The number of carbonyl (C=O) groups is 2. The van der Waals surface area contributed by atoms with Gasteiger partial charge in [-0.2, -0.15) is 18.3 Å². The first-order valence-corrected chi connectivity index (χ1v) is 10.7. The summed E-state index contributed by atoms with van der Waals surface area (Å²) in [6.45, 7) is -0.395. The molecule has 0 bridgehead atoms. The molecule has 178 valence electrons. The standard InChI is InChI=1S/C24H23F3N4O3/c1-31-21-7-3-6-20(19(21)13-28-31)30-23(33)15-8-10-18(11-9-15)34-14-22(32)29-17-5-2-4-16(12-17)24(25,26)27/h2,4-5,8-13,20H,3,6-7,14H2,1H3,(H,29,32)(H,30,33). The zero-order valence-electron chi connectivity index (χ0n) is 18.4. The van der Waals surface area contributed by atoms with Crippen LogP contribution >= 0.6 is 0 Å². The van der Waals surface area contributed by atoms with Crippen LogP contribution < -0.4 is 15.4 Å². The second kappa shape index (κ2) is 9.58. The topological polar surface area (TPSA) is 85.2 Å². The molecule has 10 heteroatoms. The molecule has 3 aromatic rings. The zero-order valence-corrected chi connectivity index (χ0v) is 18.4. The number of alkyl halides is 3. The number of nitrogens with one attached hydrogen (secondary N) is 2. The van der Waals surface area contributed by atoms with Crippen LogP contribution in [0.3, 0.4) is 0 Å². The van der Waals surface area contributed by atoms with Crippen LogP contribution in [0.2, 0.25) is 0 Å². The molecular formula is C24H23F3N4O3. The van der Waals surface area contributed by atoms with E-state index in [0.29, 0.717) is 11.3 Å². The molecule has 2 N–H and O–H groups in total. The molecule has 7 nitrogen and oxygen atoms in total. The summed E-state index contributed by atoms with van der Waals surface area (Å²) in [5.74, 6) is -0.482. The van der Waals surface area contributed by atoms with Crippen LogP contribution in [0.4, 0.5) is 18.9 Å². The number of halogens is 3. The van der Waals surface area contributed by atoms with E-state index in [9.17, 15) is 22.8 Å². The summed E-state index contributed by atoms with van der Waals surface area (Å²) in [5.41, 5.74) is 1.78. The summed E-state index contributed by atoms with van der Waals surface area (Å²) in [7, 11) is 1.89. The number of aryl methyl sites for hydroxylation is 1. The molecule has 0 spiro atoms. The number of nitrogens with zero attached hydrogens (tertiary/aromatic N) is 2. The molecule has 2 aromatic carbocycles. The highest BCUT2D eigenvalue weighted by molar-refractivity contribution is 5.94. The molecule has 2 amide bonds. The van der Waals surface area contributed by atoms with Crippen LogP contribution in [0.5, 0.6) is 5.75 Å². The lowest BCUT2D eigenvalue weighted by Crippen LogP contribution is -2.30. The van der Waals surface area contributed by atoms with E-state index in [2.05, 4.69) is 15.7 Å². The third kappa shape index (κ3) is 5.38. The van der Waals surface area contributed by atoms with E-state index in [1.807, 2.05) is 11.7 Å². The maximum Gasteiger partial charge on any atom is 0.416 e. The molecular weight excluding hydrogens is 449 g/mol. The third-order valence-corrected chi connectivity index (χ3v) is 5.64. The molecule has 1 unspecified atom stereocenters. The van der Waals surface area contributed by atoms with Crippen molar-refractivity contribution in [3.05, 3.63) is 77.1 Å². The van der Waals surface area contributed by atoms with Crippen molar-refractivity contribution in [2.24, 2.45) is 7.05 Å². The Kier molecular flexibility index (Phi) is 6.58. The number of fused-ring (bicyclic) bond motifs is 1. The van der Waals surface area contributed by atoms with Crippen molar-refractivity contribution in [3.63, 3.8) is 0 Å². The van der Waals surface area contributed by atoms with Crippen molar-refractivity contribution in [2.75, 3.05) is 11.9 Å². The molecule has 0 saturated heterocycles. The monoisotopic (exact) mass is 472 g/mol. The van der Waals surface area contributed by atoms with Crippen molar-refractivity contribution in [1.29, 1.82) is 0 Å². The Morgan fingerprint density at radius 1 is 1.18 bits per heavy atom. The van der Waals surface area contributed by atoms with Gasteiger partial charge in [-0.1, -0.05) is 6.07 Å².